The highest BCUT2D eigenvalue weighted by molar-refractivity contribution is 4.76. The third-order valence-electron chi connectivity index (χ3n) is 2.67. The molecular formula is C12H28N2O2. The van der Waals surface area contributed by atoms with E-state index in [2.05, 4.69) is 31.0 Å². The third kappa shape index (κ3) is 6.43. The molecule has 1 atom stereocenters. The molecule has 0 rings (SSSR count). The Morgan fingerprint density at radius 2 is 1.88 bits per heavy atom. The van der Waals surface area contributed by atoms with Crippen molar-refractivity contribution in [1.29, 1.82) is 0 Å². The van der Waals surface area contributed by atoms with E-state index >= 15 is 0 Å². The number of nitrogens with one attached hydrogen (secondary N) is 1. The second kappa shape index (κ2) is 10.0. The normalized spacial score (nSPS) is 13.7. The Morgan fingerprint density at radius 1 is 1.19 bits per heavy atom. The fourth-order valence-electron chi connectivity index (χ4n) is 1.83. The van der Waals surface area contributed by atoms with Gasteiger partial charge >= 0.3 is 0 Å². The van der Waals surface area contributed by atoms with Crippen molar-refractivity contribution in [2.24, 2.45) is 0 Å². The third-order valence-corrected chi connectivity index (χ3v) is 2.67. The average Bonchev–Trinajstić information content (AvgIpc) is 2.25. The highest BCUT2D eigenvalue weighted by atomic mass is 16.5. The standard InChI is InChI=1S/C12H28N2O2/c1-6-13-9-12(10-16-5)14(11(2)3)7-8-15-4/h11-13H,6-10H2,1-5H3. The van der Waals surface area contributed by atoms with Gasteiger partial charge in [0.1, 0.15) is 0 Å². The van der Waals surface area contributed by atoms with Crippen LogP contribution in [0.1, 0.15) is 20.8 Å². The zero-order valence-corrected chi connectivity index (χ0v) is 11.5. The number of hydrogen-bond acceptors (Lipinski definition) is 4. The Bertz CT molecular complexity index is 154. The summed E-state index contributed by atoms with van der Waals surface area (Å²) in [5.41, 5.74) is 0. The number of ether oxygens (including phenoxy) is 2. The van der Waals surface area contributed by atoms with Crippen LogP contribution in [0.5, 0.6) is 0 Å². The summed E-state index contributed by atoms with van der Waals surface area (Å²) in [6, 6.07) is 0.925. The average molecular weight is 232 g/mol. The van der Waals surface area contributed by atoms with E-state index in [1.165, 1.54) is 0 Å². The van der Waals surface area contributed by atoms with Gasteiger partial charge in [-0.1, -0.05) is 6.92 Å². The maximum atomic E-state index is 5.29. The maximum absolute atomic E-state index is 5.29. The first-order valence-electron chi connectivity index (χ1n) is 6.11. The molecule has 0 bridgehead atoms. The van der Waals surface area contributed by atoms with Gasteiger partial charge in [-0.05, 0) is 20.4 Å². The molecule has 0 saturated heterocycles. The number of likely N-dealkylation sites (N-methyl/N-ethyl adjacent to an activating group) is 1. The summed E-state index contributed by atoms with van der Waals surface area (Å²) in [5, 5.41) is 3.38. The summed E-state index contributed by atoms with van der Waals surface area (Å²) in [6.45, 7) is 11.0. The molecule has 98 valence electrons. The number of methoxy groups -OCH3 is 2. The van der Waals surface area contributed by atoms with Crippen molar-refractivity contribution in [1.82, 2.24) is 10.2 Å². The first-order valence-corrected chi connectivity index (χ1v) is 6.11. The van der Waals surface area contributed by atoms with Crippen molar-refractivity contribution in [3.63, 3.8) is 0 Å². The van der Waals surface area contributed by atoms with Crippen molar-refractivity contribution in [3.05, 3.63) is 0 Å². The van der Waals surface area contributed by atoms with Gasteiger partial charge < -0.3 is 14.8 Å². The van der Waals surface area contributed by atoms with E-state index in [4.69, 9.17) is 9.47 Å². The lowest BCUT2D eigenvalue weighted by molar-refractivity contribution is 0.0487. The molecule has 0 amide bonds. The Morgan fingerprint density at radius 3 is 2.31 bits per heavy atom. The summed E-state index contributed by atoms with van der Waals surface area (Å²) in [6.07, 6.45) is 0. The van der Waals surface area contributed by atoms with Gasteiger partial charge in [0.05, 0.1) is 13.2 Å². The van der Waals surface area contributed by atoms with Crippen molar-refractivity contribution in [2.75, 3.05) is 47.1 Å². The van der Waals surface area contributed by atoms with Crippen LogP contribution in [0, 0.1) is 0 Å². The molecule has 16 heavy (non-hydrogen) atoms. The maximum Gasteiger partial charge on any atom is 0.0630 e. The van der Waals surface area contributed by atoms with Crippen LogP contribution < -0.4 is 5.32 Å². The zero-order valence-electron chi connectivity index (χ0n) is 11.5. The molecule has 1 N–H and O–H groups in total. The van der Waals surface area contributed by atoms with Crippen LogP contribution in [0.2, 0.25) is 0 Å². The second-order valence-corrected chi connectivity index (χ2v) is 4.24. The van der Waals surface area contributed by atoms with Gasteiger partial charge in [-0.15, -0.1) is 0 Å². The molecule has 0 aliphatic heterocycles. The summed E-state index contributed by atoms with van der Waals surface area (Å²) in [4.78, 5) is 2.43. The molecule has 0 saturated carbocycles. The predicted octanol–water partition coefficient (Wildman–Crippen LogP) is 0.968. The first kappa shape index (κ1) is 15.8. The van der Waals surface area contributed by atoms with Gasteiger partial charge in [0.15, 0.2) is 0 Å². The van der Waals surface area contributed by atoms with Crippen LogP contribution in [0.15, 0.2) is 0 Å². The van der Waals surface area contributed by atoms with E-state index in [-0.39, 0.29) is 0 Å². The molecule has 0 heterocycles. The monoisotopic (exact) mass is 232 g/mol. The predicted molar refractivity (Wildman–Crippen MR) is 67.9 cm³/mol. The SMILES string of the molecule is CCNCC(COC)N(CCOC)C(C)C. The molecule has 0 aromatic carbocycles. The van der Waals surface area contributed by atoms with Gasteiger partial charge in [-0.25, -0.2) is 0 Å². The molecular weight excluding hydrogens is 204 g/mol. The van der Waals surface area contributed by atoms with Gasteiger partial charge in [-0.3, -0.25) is 4.90 Å². The molecule has 0 aliphatic carbocycles. The molecule has 0 aromatic heterocycles. The van der Waals surface area contributed by atoms with Crippen molar-refractivity contribution < 1.29 is 9.47 Å². The summed E-state index contributed by atoms with van der Waals surface area (Å²) in [7, 11) is 3.50. The Balaban J connectivity index is 4.26. The molecule has 4 nitrogen and oxygen atoms in total. The fraction of sp³-hybridized carbons (Fsp3) is 1.00. The lowest BCUT2D eigenvalue weighted by Gasteiger charge is -2.34. The van der Waals surface area contributed by atoms with E-state index in [0.717, 1.165) is 32.8 Å². The lowest BCUT2D eigenvalue weighted by atomic mass is 10.2. The molecule has 1 unspecified atom stereocenters. The van der Waals surface area contributed by atoms with Crippen molar-refractivity contribution in [3.8, 4) is 0 Å². The van der Waals surface area contributed by atoms with Gasteiger partial charge in [0, 0.05) is 39.4 Å². The van der Waals surface area contributed by atoms with E-state index in [1.807, 2.05) is 0 Å². The van der Waals surface area contributed by atoms with Crippen LogP contribution in [0.25, 0.3) is 0 Å². The quantitative estimate of drug-likeness (QED) is 0.608. The lowest BCUT2D eigenvalue weighted by Crippen LogP contribution is -2.49. The Labute approximate surface area is 100 Å². The number of hydrogen-bond donors (Lipinski definition) is 1. The van der Waals surface area contributed by atoms with Crippen molar-refractivity contribution >= 4 is 0 Å². The summed E-state index contributed by atoms with van der Waals surface area (Å²) in [5.74, 6) is 0. The Hall–Kier alpha value is -0.160. The van der Waals surface area contributed by atoms with Crippen LogP contribution in [0.4, 0.5) is 0 Å². The van der Waals surface area contributed by atoms with Crippen LogP contribution in [-0.2, 0) is 9.47 Å². The minimum atomic E-state index is 0.417. The van der Waals surface area contributed by atoms with Gasteiger partial charge in [0.25, 0.3) is 0 Å². The largest absolute Gasteiger partial charge is 0.383 e. The highest BCUT2D eigenvalue weighted by Crippen LogP contribution is 2.05. The molecule has 0 aliphatic rings. The van der Waals surface area contributed by atoms with Crippen molar-refractivity contribution in [2.45, 2.75) is 32.9 Å². The molecule has 4 heteroatoms. The minimum Gasteiger partial charge on any atom is -0.383 e. The number of nitrogens with zero attached hydrogens (tertiary/aromatic N) is 1. The van der Waals surface area contributed by atoms with Crippen LogP contribution in [0.3, 0.4) is 0 Å². The first-order chi connectivity index (χ1) is 7.67. The molecule has 0 aromatic rings. The number of rotatable bonds is 10. The topological polar surface area (TPSA) is 33.7 Å². The second-order valence-electron chi connectivity index (χ2n) is 4.24. The molecule has 0 radical (unpaired) electrons. The van der Waals surface area contributed by atoms with Crippen LogP contribution in [-0.4, -0.2) is 64.1 Å². The highest BCUT2D eigenvalue weighted by Gasteiger charge is 2.20. The Kier molecular flexibility index (Phi) is 9.92. The molecule has 0 fully saturated rings. The van der Waals surface area contributed by atoms with E-state index in [9.17, 15) is 0 Å². The van der Waals surface area contributed by atoms with Gasteiger partial charge in [0.2, 0.25) is 0 Å². The molecule has 0 spiro atoms. The minimum absolute atomic E-state index is 0.417. The smallest absolute Gasteiger partial charge is 0.0630 e. The summed E-state index contributed by atoms with van der Waals surface area (Å²) >= 11 is 0. The van der Waals surface area contributed by atoms with E-state index in [1.54, 1.807) is 14.2 Å². The van der Waals surface area contributed by atoms with Crippen LogP contribution >= 0.6 is 0 Å². The van der Waals surface area contributed by atoms with Gasteiger partial charge in [-0.2, -0.15) is 0 Å². The fourth-order valence-corrected chi connectivity index (χ4v) is 1.83. The summed E-state index contributed by atoms with van der Waals surface area (Å²) < 4.78 is 10.4. The van der Waals surface area contributed by atoms with E-state index < -0.39 is 0 Å². The zero-order chi connectivity index (χ0) is 12.4. The van der Waals surface area contributed by atoms with E-state index in [0.29, 0.717) is 12.1 Å².